The summed E-state index contributed by atoms with van der Waals surface area (Å²) >= 11 is 0. The molecule has 1 saturated heterocycles. The fraction of sp³-hybridized carbons (Fsp3) is 0.917. The molecule has 2 atom stereocenters. The van der Waals surface area contributed by atoms with E-state index in [-0.39, 0.29) is 6.61 Å². The predicted octanol–water partition coefficient (Wildman–Crippen LogP) is 1.33. The number of nitrogens with two attached hydrogens (primary N) is 1. The molecule has 0 aliphatic carbocycles. The van der Waals surface area contributed by atoms with Crippen molar-refractivity contribution in [2.45, 2.75) is 57.5 Å². The maximum atomic E-state index is 8.88. The SMILES string of the molecule is CCC(CC(=N)N)N1CCCC1CCCO. The zero-order valence-corrected chi connectivity index (χ0v) is 10.3. The summed E-state index contributed by atoms with van der Waals surface area (Å²) in [5.74, 6) is 0.291. The van der Waals surface area contributed by atoms with Crippen LogP contribution in [0, 0.1) is 5.41 Å². The Balaban J connectivity index is 2.50. The second-order valence-corrected chi connectivity index (χ2v) is 4.69. The highest BCUT2D eigenvalue weighted by atomic mass is 16.2. The topological polar surface area (TPSA) is 73.3 Å². The van der Waals surface area contributed by atoms with E-state index in [4.69, 9.17) is 16.2 Å². The van der Waals surface area contributed by atoms with Crippen molar-refractivity contribution in [2.75, 3.05) is 13.2 Å². The van der Waals surface area contributed by atoms with Crippen LogP contribution in [-0.4, -0.2) is 41.1 Å². The Hall–Kier alpha value is -0.610. The first kappa shape index (κ1) is 13.5. The van der Waals surface area contributed by atoms with Gasteiger partial charge in [0.15, 0.2) is 0 Å². The molecule has 1 heterocycles. The molecule has 0 aromatic carbocycles. The van der Waals surface area contributed by atoms with Crippen molar-refractivity contribution in [3.05, 3.63) is 0 Å². The molecule has 1 fully saturated rings. The number of amidine groups is 1. The molecule has 0 aromatic rings. The van der Waals surface area contributed by atoms with Crippen molar-refractivity contribution in [1.29, 1.82) is 5.41 Å². The first-order valence-corrected chi connectivity index (χ1v) is 6.38. The van der Waals surface area contributed by atoms with E-state index in [1.54, 1.807) is 0 Å². The molecule has 1 rings (SSSR count). The average molecular weight is 227 g/mol. The van der Waals surface area contributed by atoms with E-state index in [9.17, 15) is 0 Å². The fourth-order valence-electron chi connectivity index (χ4n) is 2.73. The fourth-order valence-corrected chi connectivity index (χ4v) is 2.73. The van der Waals surface area contributed by atoms with E-state index in [0.717, 1.165) is 25.8 Å². The minimum Gasteiger partial charge on any atom is -0.396 e. The highest BCUT2D eigenvalue weighted by Gasteiger charge is 2.29. The van der Waals surface area contributed by atoms with Gasteiger partial charge in [-0.2, -0.15) is 0 Å². The Labute approximate surface area is 98.3 Å². The van der Waals surface area contributed by atoms with Gasteiger partial charge in [0.2, 0.25) is 0 Å². The standard InChI is InChI=1S/C12H25N3O/c1-2-10(9-12(13)14)15-7-3-5-11(15)6-4-8-16/h10-11,16H,2-9H2,1H3,(H3,13,14). The van der Waals surface area contributed by atoms with Crippen LogP contribution >= 0.6 is 0 Å². The van der Waals surface area contributed by atoms with Crippen molar-refractivity contribution < 1.29 is 5.11 Å². The van der Waals surface area contributed by atoms with E-state index in [1.807, 2.05) is 0 Å². The lowest BCUT2D eigenvalue weighted by atomic mass is 10.0. The molecule has 1 aliphatic heterocycles. The minimum absolute atomic E-state index is 0.286. The number of hydrogen-bond acceptors (Lipinski definition) is 3. The predicted molar refractivity (Wildman–Crippen MR) is 66.7 cm³/mol. The minimum atomic E-state index is 0.286. The van der Waals surface area contributed by atoms with Crippen molar-refractivity contribution in [2.24, 2.45) is 5.73 Å². The number of aliphatic hydroxyl groups is 1. The Morgan fingerprint density at radius 3 is 2.94 bits per heavy atom. The van der Waals surface area contributed by atoms with Gasteiger partial charge in [0.25, 0.3) is 0 Å². The highest BCUT2D eigenvalue weighted by Crippen LogP contribution is 2.26. The van der Waals surface area contributed by atoms with Crippen LogP contribution in [0.3, 0.4) is 0 Å². The molecule has 1 aliphatic rings. The Bertz CT molecular complexity index is 220. The number of likely N-dealkylation sites (tertiary alicyclic amines) is 1. The van der Waals surface area contributed by atoms with Crippen molar-refractivity contribution in [1.82, 2.24) is 4.90 Å². The molecule has 0 bridgehead atoms. The second kappa shape index (κ2) is 6.86. The first-order chi connectivity index (χ1) is 7.69. The third-order valence-corrected chi connectivity index (χ3v) is 3.51. The van der Waals surface area contributed by atoms with Crippen LogP contribution in [0.2, 0.25) is 0 Å². The number of aliphatic hydroxyl groups excluding tert-OH is 1. The summed E-state index contributed by atoms with van der Waals surface area (Å²) in [6.07, 6.45) is 6.17. The van der Waals surface area contributed by atoms with Gasteiger partial charge in [-0.15, -0.1) is 0 Å². The summed E-state index contributed by atoms with van der Waals surface area (Å²) in [6, 6.07) is 1.01. The molecule has 4 heteroatoms. The molecule has 16 heavy (non-hydrogen) atoms. The normalized spacial score (nSPS) is 23.5. The van der Waals surface area contributed by atoms with Crippen molar-refractivity contribution in [3.8, 4) is 0 Å². The quantitative estimate of drug-likeness (QED) is 0.454. The lowest BCUT2D eigenvalue weighted by Crippen LogP contribution is -2.41. The molecule has 4 N–H and O–H groups in total. The first-order valence-electron chi connectivity index (χ1n) is 6.38. The second-order valence-electron chi connectivity index (χ2n) is 4.69. The van der Waals surface area contributed by atoms with Crippen LogP contribution in [0.25, 0.3) is 0 Å². The summed E-state index contributed by atoms with van der Waals surface area (Å²) in [5, 5.41) is 16.3. The van der Waals surface area contributed by atoms with E-state index >= 15 is 0 Å². The van der Waals surface area contributed by atoms with Gasteiger partial charge >= 0.3 is 0 Å². The van der Waals surface area contributed by atoms with Gasteiger partial charge in [-0.1, -0.05) is 6.92 Å². The Morgan fingerprint density at radius 2 is 2.38 bits per heavy atom. The molecule has 0 saturated carbocycles. The molecule has 0 amide bonds. The van der Waals surface area contributed by atoms with E-state index in [0.29, 0.717) is 24.3 Å². The molecule has 0 radical (unpaired) electrons. The van der Waals surface area contributed by atoms with Gasteiger partial charge in [0.05, 0.1) is 5.84 Å². The van der Waals surface area contributed by atoms with Gasteiger partial charge in [0.1, 0.15) is 0 Å². The zero-order chi connectivity index (χ0) is 12.0. The maximum absolute atomic E-state index is 8.88. The third kappa shape index (κ3) is 3.76. The number of nitrogens with zero attached hydrogens (tertiary/aromatic N) is 1. The zero-order valence-electron chi connectivity index (χ0n) is 10.3. The Kier molecular flexibility index (Phi) is 5.77. The summed E-state index contributed by atoms with van der Waals surface area (Å²) in [5.41, 5.74) is 5.50. The maximum Gasteiger partial charge on any atom is 0.0921 e. The third-order valence-electron chi connectivity index (χ3n) is 3.51. The van der Waals surface area contributed by atoms with Crippen LogP contribution in [0.5, 0.6) is 0 Å². The smallest absolute Gasteiger partial charge is 0.0921 e. The highest BCUT2D eigenvalue weighted by molar-refractivity contribution is 5.77. The lowest BCUT2D eigenvalue weighted by Gasteiger charge is -2.32. The van der Waals surface area contributed by atoms with Crippen LogP contribution in [0.15, 0.2) is 0 Å². The molecule has 4 nitrogen and oxygen atoms in total. The van der Waals surface area contributed by atoms with Crippen LogP contribution < -0.4 is 5.73 Å². The molecule has 94 valence electrons. The summed E-state index contributed by atoms with van der Waals surface area (Å²) < 4.78 is 0. The van der Waals surface area contributed by atoms with Gasteiger partial charge in [-0.3, -0.25) is 10.3 Å². The largest absolute Gasteiger partial charge is 0.396 e. The molecular weight excluding hydrogens is 202 g/mol. The number of hydrogen-bond donors (Lipinski definition) is 3. The van der Waals surface area contributed by atoms with Gasteiger partial charge < -0.3 is 10.8 Å². The summed E-state index contributed by atoms with van der Waals surface area (Å²) in [4.78, 5) is 2.50. The van der Waals surface area contributed by atoms with Gasteiger partial charge in [-0.25, -0.2) is 0 Å². The van der Waals surface area contributed by atoms with Crippen LogP contribution in [-0.2, 0) is 0 Å². The van der Waals surface area contributed by atoms with Crippen molar-refractivity contribution >= 4 is 5.84 Å². The Morgan fingerprint density at radius 1 is 1.62 bits per heavy atom. The molecule has 0 aromatic heterocycles. The van der Waals surface area contributed by atoms with Crippen LogP contribution in [0.4, 0.5) is 0 Å². The molecule has 0 spiro atoms. The van der Waals surface area contributed by atoms with Gasteiger partial charge in [-0.05, 0) is 38.6 Å². The van der Waals surface area contributed by atoms with Crippen LogP contribution in [0.1, 0.15) is 45.4 Å². The number of rotatable bonds is 7. The number of nitrogens with one attached hydrogen (secondary N) is 1. The monoisotopic (exact) mass is 227 g/mol. The van der Waals surface area contributed by atoms with E-state index < -0.39 is 0 Å². The molecular formula is C12H25N3O. The summed E-state index contributed by atoms with van der Waals surface area (Å²) in [6.45, 7) is 3.57. The lowest BCUT2D eigenvalue weighted by molar-refractivity contribution is 0.160. The molecule has 2 unspecified atom stereocenters. The van der Waals surface area contributed by atoms with E-state index in [1.165, 1.54) is 12.8 Å². The summed E-state index contributed by atoms with van der Waals surface area (Å²) in [7, 11) is 0. The average Bonchev–Trinajstić information content (AvgIpc) is 2.70. The van der Waals surface area contributed by atoms with E-state index in [2.05, 4.69) is 11.8 Å². The van der Waals surface area contributed by atoms with Gasteiger partial charge in [0, 0.05) is 25.1 Å². The van der Waals surface area contributed by atoms with Crippen molar-refractivity contribution in [3.63, 3.8) is 0 Å².